The van der Waals surface area contributed by atoms with Crippen LogP contribution in [0.25, 0.3) is 0 Å². The maximum Gasteiger partial charge on any atom is 0.0404 e. The van der Waals surface area contributed by atoms with Crippen LogP contribution in [0, 0.1) is 71.0 Å². The van der Waals surface area contributed by atoms with Gasteiger partial charge < -0.3 is 0 Å². The third-order valence-corrected chi connectivity index (χ3v) is 10.3. The van der Waals surface area contributed by atoms with E-state index in [1.807, 2.05) is 0 Å². The molecule has 0 radical (unpaired) electrons. The molecule has 0 amide bonds. The number of hydrogen-bond acceptors (Lipinski definition) is 0. The molecule has 0 aromatic heterocycles. The molecule has 0 heterocycles. The van der Waals surface area contributed by atoms with Gasteiger partial charge in [0.05, 0.1) is 0 Å². The van der Waals surface area contributed by atoms with Crippen LogP contribution in [0.1, 0.15) is 12.8 Å². The number of hydrogen-bond donors (Lipinski definition) is 0. The fraction of sp³-hybridized carbons (Fsp3) is 1.00. The Morgan fingerprint density at radius 1 is 0.444 bits per heavy atom. The van der Waals surface area contributed by atoms with Crippen LogP contribution < -0.4 is 0 Å². The summed E-state index contributed by atoms with van der Waals surface area (Å²) in [4.78, 5) is 0. The summed E-state index contributed by atoms with van der Waals surface area (Å²) in [5.41, 5.74) is 0. The zero-order valence-electron chi connectivity index (χ0n) is 10.3. The van der Waals surface area contributed by atoms with Crippen molar-refractivity contribution < 1.29 is 0 Å². The largest absolute Gasteiger partial charge is 0.122 e. The molecular formula is C16H18Cl2. The van der Waals surface area contributed by atoms with Gasteiger partial charge in [-0.1, -0.05) is 0 Å². The van der Waals surface area contributed by atoms with Crippen LogP contribution in [0.5, 0.6) is 0 Å². The van der Waals surface area contributed by atoms with Gasteiger partial charge in [0.2, 0.25) is 0 Å². The Hall–Kier alpha value is 0.580. The molecule has 7 aliphatic carbocycles. The minimum absolute atomic E-state index is 0.511. The van der Waals surface area contributed by atoms with Crippen LogP contribution >= 0.6 is 23.2 Å². The maximum atomic E-state index is 6.97. The predicted octanol–water partition coefficient (Wildman–Crippen LogP) is 3.47. The second kappa shape index (κ2) is 2.43. The molecule has 2 heteroatoms. The van der Waals surface area contributed by atoms with E-state index in [-0.39, 0.29) is 0 Å². The molecule has 96 valence electrons. The lowest BCUT2D eigenvalue weighted by atomic mass is 9.60. The Bertz CT molecular complexity index is 431. The predicted molar refractivity (Wildman–Crippen MR) is 70.4 cm³/mol. The maximum absolute atomic E-state index is 6.97. The van der Waals surface area contributed by atoms with Gasteiger partial charge in [-0.3, -0.25) is 0 Å². The molecule has 2 unspecified atom stereocenters. The van der Waals surface area contributed by atoms with E-state index in [0.29, 0.717) is 10.8 Å². The summed E-state index contributed by atoms with van der Waals surface area (Å²) < 4.78 is 0. The molecule has 7 aliphatic rings. The summed E-state index contributed by atoms with van der Waals surface area (Å²) in [6.45, 7) is 0. The van der Waals surface area contributed by atoms with Crippen molar-refractivity contribution in [3.05, 3.63) is 0 Å². The molecule has 7 rings (SSSR count). The summed E-state index contributed by atoms with van der Waals surface area (Å²) in [6.07, 6.45) is 3.00. The first kappa shape index (κ1) is 9.50. The van der Waals surface area contributed by atoms with E-state index in [9.17, 15) is 0 Å². The van der Waals surface area contributed by atoms with Crippen LogP contribution in [0.2, 0.25) is 0 Å². The highest BCUT2D eigenvalue weighted by Crippen LogP contribution is 2.88. The summed E-state index contributed by atoms with van der Waals surface area (Å²) >= 11 is 13.9. The first-order valence-corrected chi connectivity index (χ1v) is 8.96. The third-order valence-electron chi connectivity index (χ3n) is 9.17. The van der Waals surface area contributed by atoms with Crippen molar-refractivity contribution in [3.63, 3.8) is 0 Å². The number of rotatable bonds is 0. The van der Waals surface area contributed by atoms with Crippen molar-refractivity contribution in [2.45, 2.75) is 23.6 Å². The van der Waals surface area contributed by atoms with Crippen LogP contribution in [0.3, 0.4) is 0 Å². The summed E-state index contributed by atoms with van der Waals surface area (Å²) in [6, 6.07) is 0. The zero-order chi connectivity index (χ0) is 11.5. The van der Waals surface area contributed by atoms with Crippen molar-refractivity contribution in [2.75, 3.05) is 0 Å². The first-order valence-electron chi connectivity index (χ1n) is 8.09. The smallest absolute Gasteiger partial charge is 0.0404 e. The minimum Gasteiger partial charge on any atom is -0.122 e. The zero-order valence-corrected chi connectivity index (χ0v) is 11.8. The molecule has 0 bridgehead atoms. The van der Waals surface area contributed by atoms with Crippen LogP contribution in [0.15, 0.2) is 0 Å². The van der Waals surface area contributed by atoms with E-state index >= 15 is 0 Å². The van der Waals surface area contributed by atoms with Gasteiger partial charge in [0.1, 0.15) is 0 Å². The van der Waals surface area contributed by atoms with E-state index in [4.69, 9.17) is 23.2 Å². The topological polar surface area (TPSA) is 0 Å². The van der Waals surface area contributed by atoms with Crippen molar-refractivity contribution in [3.8, 4) is 0 Å². The van der Waals surface area contributed by atoms with Gasteiger partial charge in [0, 0.05) is 10.8 Å². The van der Waals surface area contributed by atoms with Gasteiger partial charge in [-0.2, -0.15) is 0 Å². The summed E-state index contributed by atoms with van der Waals surface area (Å²) in [5.74, 6) is 11.9. The molecular weight excluding hydrogens is 263 g/mol. The second-order valence-electron chi connectivity index (χ2n) is 8.57. The van der Waals surface area contributed by atoms with Crippen LogP contribution in [-0.2, 0) is 0 Å². The Kier molecular flexibility index (Phi) is 1.28. The van der Waals surface area contributed by atoms with Crippen molar-refractivity contribution in [2.24, 2.45) is 71.0 Å². The van der Waals surface area contributed by atoms with Gasteiger partial charge in [-0.25, -0.2) is 0 Å². The van der Waals surface area contributed by atoms with Crippen LogP contribution in [-0.4, -0.2) is 10.8 Å². The molecule has 7 saturated carbocycles. The highest BCUT2D eigenvalue weighted by Gasteiger charge is 2.86. The summed E-state index contributed by atoms with van der Waals surface area (Å²) in [5, 5.41) is 1.02. The van der Waals surface area contributed by atoms with E-state index in [1.165, 1.54) is 12.8 Å². The fourth-order valence-electron chi connectivity index (χ4n) is 9.60. The van der Waals surface area contributed by atoms with Gasteiger partial charge >= 0.3 is 0 Å². The van der Waals surface area contributed by atoms with Crippen LogP contribution in [0.4, 0.5) is 0 Å². The van der Waals surface area contributed by atoms with E-state index < -0.39 is 0 Å². The first-order chi connectivity index (χ1) is 8.80. The quantitative estimate of drug-likeness (QED) is 0.596. The molecule has 0 aromatic carbocycles. The Morgan fingerprint density at radius 2 is 0.833 bits per heavy atom. The SMILES string of the molecule is Cl[C@@H]1[C@@H]2[C@H]3[C@H](Cl)[C@H]4[C@H]5C6C7[C@H]4CC[C@@H]7[C@H]1[C@H]6[C@@H]2[C@@H]53. The molecule has 0 saturated heterocycles. The molecule has 7 fully saturated rings. The van der Waals surface area contributed by atoms with Crippen molar-refractivity contribution in [1.82, 2.24) is 0 Å². The van der Waals surface area contributed by atoms with Crippen molar-refractivity contribution in [1.29, 1.82) is 0 Å². The van der Waals surface area contributed by atoms with Crippen molar-refractivity contribution >= 4 is 23.2 Å². The third kappa shape index (κ3) is 0.605. The Balaban J connectivity index is 1.58. The lowest BCUT2D eigenvalue weighted by Crippen LogP contribution is -2.47. The van der Waals surface area contributed by atoms with Gasteiger partial charge in [0.15, 0.2) is 0 Å². The molecule has 0 N–H and O–H groups in total. The number of alkyl halides is 2. The molecule has 14 atom stereocenters. The Morgan fingerprint density at radius 3 is 1.33 bits per heavy atom. The summed E-state index contributed by atoms with van der Waals surface area (Å²) in [7, 11) is 0. The highest BCUT2D eigenvalue weighted by molar-refractivity contribution is 6.23. The Labute approximate surface area is 118 Å². The normalized spacial score (nSPS) is 87.0. The molecule has 0 aromatic rings. The lowest BCUT2D eigenvalue weighted by Gasteiger charge is -2.47. The second-order valence-corrected chi connectivity index (χ2v) is 9.58. The standard InChI is InChI=1S/C16H18Cl2/c17-15-6-3-1-2-4-5(3)8-9(6)11-12-10(8)7(4)16(18)14(12)13(11)15/h3-16H,1-2H2/t3-,4+,5?,6-,7+,8?,9+,10-,11-,12-,13+,14+,15-,16+/m1/s1. The molecule has 0 aliphatic heterocycles. The number of fused-ring (bicyclic) bond motifs is 3. The van der Waals surface area contributed by atoms with E-state index in [1.54, 1.807) is 0 Å². The molecule has 0 spiro atoms. The van der Waals surface area contributed by atoms with E-state index in [0.717, 1.165) is 71.0 Å². The fourth-order valence-corrected chi connectivity index (χ4v) is 11.0. The lowest BCUT2D eigenvalue weighted by molar-refractivity contribution is 0.0287. The minimum atomic E-state index is 0.511. The average Bonchev–Trinajstić information content (AvgIpc) is 2.98. The monoisotopic (exact) mass is 280 g/mol. The number of halogens is 2. The molecule has 18 heavy (non-hydrogen) atoms. The van der Waals surface area contributed by atoms with E-state index in [2.05, 4.69) is 0 Å². The molecule has 0 nitrogen and oxygen atoms in total. The van der Waals surface area contributed by atoms with Gasteiger partial charge in [-0.05, 0) is 83.9 Å². The average molecular weight is 281 g/mol. The highest BCUT2D eigenvalue weighted by atomic mass is 35.5. The van der Waals surface area contributed by atoms with Gasteiger partial charge in [0.25, 0.3) is 0 Å². The van der Waals surface area contributed by atoms with Gasteiger partial charge in [-0.15, -0.1) is 23.2 Å².